The third kappa shape index (κ3) is 5.41. The molecule has 198 valence electrons. The fourth-order valence-corrected chi connectivity index (χ4v) is 4.05. The summed E-state index contributed by atoms with van der Waals surface area (Å²) in [6.45, 7) is 1.76. The second-order valence-electron chi connectivity index (χ2n) is 8.68. The van der Waals surface area contributed by atoms with Crippen LogP contribution in [0.15, 0.2) is 96.1 Å². The molecular weight excluding hydrogens is 517 g/mol. The van der Waals surface area contributed by atoms with E-state index in [2.05, 4.69) is 20.8 Å². The van der Waals surface area contributed by atoms with Gasteiger partial charge in [-0.2, -0.15) is 5.10 Å². The first-order valence-electron chi connectivity index (χ1n) is 11.9. The summed E-state index contributed by atoms with van der Waals surface area (Å²) in [5, 5.41) is 37.6. The van der Waals surface area contributed by atoms with Crippen LogP contribution in [0.5, 0.6) is 0 Å². The van der Waals surface area contributed by atoms with E-state index in [-0.39, 0.29) is 11.4 Å². The average molecular weight is 538 g/mol. The molecule has 0 saturated carbocycles. The number of hydrazone groups is 1. The molecule has 5 rings (SSSR count). The molecule has 0 amide bonds. The van der Waals surface area contributed by atoms with Gasteiger partial charge in [-0.15, -0.1) is 5.10 Å². The maximum Gasteiger partial charge on any atom is 0.301 e. The summed E-state index contributed by atoms with van der Waals surface area (Å²) in [7, 11) is 0. The van der Waals surface area contributed by atoms with E-state index in [1.165, 1.54) is 22.9 Å². The van der Waals surface area contributed by atoms with Crippen LogP contribution in [-0.2, 0) is 0 Å². The number of hydrogen-bond acceptors (Lipinski definition) is 8. The number of aromatic nitrogens is 3. The first kappa shape index (κ1) is 25.9. The van der Waals surface area contributed by atoms with Gasteiger partial charge in [-0.1, -0.05) is 47.7 Å². The minimum Gasteiger partial charge on any atom is -0.271 e. The van der Waals surface area contributed by atoms with Crippen molar-refractivity contribution in [2.75, 3.05) is 5.43 Å². The minimum absolute atomic E-state index is 0.0456. The van der Waals surface area contributed by atoms with Crippen molar-refractivity contribution in [3.8, 4) is 5.69 Å². The van der Waals surface area contributed by atoms with Gasteiger partial charge in [-0.25, -0.2) is 9.07 Å². The van der Waals surface area contributed by atoms with E-state index in [9.17, 15) is 24.6 Å². The molecule has 0 fully saturated rings. The lowest BCUT2D eigenvalue weighted by Crippen LogP contribution is -2.06. The second kappa shape index (κ2) is 10.9. The van der Waals surface area contributed by atoms with Crippen molar-refractivity contribution in [2.24, 2.45) is 5.10 Å². The van der Waals surface area contributed by atoms with Gasteiger partial charge in [0.05, 0.1) is 27.3 Å². The largest absolute Gasteiger partial charge is 0.301 e. The highest BCUT2D eigenvalue weighted by molar-refractivity contribution is 6.10. The Bertz CT molecular complexity index is 1810. The number of allylic oxidation sites excluding steroid dienone is 1. The Hall–Kier alpha value is -5.78. The number of benzene rings is 4. The summed E-state index contributed by atoms with van der Waals surface area (Å²) in [5.41, 5.74) is 4.35. The van der Waals surface area contributed by atoms with Gasteiger partial charge in [0.15, 0.2) is 0 Å². The third-order valence-corrected chi connectivity index (χ3v) is 6.10. The van der Waals surface area contributed by atoms with Crippen molar-refractivity contribution in [1.29, 1.82) is 0 Å². The Morgan fingerprint density at radius 2 is 1.70 bits per heavy atom. The molecule has 1 aromatic heterocycles. The van der Waals surface area contributed by atoms with E-state index in [0.717, 1.165) is 28.5 Å². The molecule has 0 atom stereocenters. The Kier molecular flexibility index (Phi) is 7.05. The standard InChI is InChI=1S/C28H20FN7O4/c1-18-28(32-33-34(18)23-11-9-22(29)10-12-23)26(14-7-19-6-8-20-4-2-3-5-21(20)16-19)31-30-25-15-13-24(35(37)38)17-27(25)36(39)40/h2-17,30H,1H3. The molecule has 0 saturated heterocycles. The number of nitrogens with zero attached hydrogens (tertiary/aromatic N) is 6. The number of anilines is 1. The van der Waals surface area contributed by atoms with E-state index >= 15 is 0 Å². The van der Waals surface area contributed by atoms with Gasteiger partial charge in [0.2, 0.25) is 0 Å². The molecule has 0 bridgehead atoms. The second-order valence-corrected chi connectivity index (χ2v) is 8.68. The van der Waals surface area contributed by atoms with E-state index in [1.807, 2.05) is 48.5 Å². The van der Waals surface area contributed by atoms with Crippen LogP contribution in [0.4, 0.5) is 21.5 Å². The first-order valence-corrected chi connectivity index (χ1v) is 11.9. The zero-order valence-electron chi connectivity index (χ0n) is 20.9. The molecule has 0 unspecified atom stereocenters. The summed E-state index contributed by atoms with van der Waals surface area (Å²) in [6.07, 6.45) is 3.49. The number of nitro groups is 2. The number of hydrogen-bond donors (Lipinski definition) is 1. The SMILES string of the molecule is Cc1c(C(C=Cc2ccc3ccccc3c2)=NNc2ccc([N+](=O)[O-])cc2[N+](=O)[O-])nnn1-c1ccc(F)cc1. The summed E-state index contributed by atoms with van der Waals surface area (Å²) >= 11 is 0. The van der Waals surface area contributed by atoms with Crippen LogP contribution in [0.3, 0.4) is 0 Å². The Balaban J connectivity index is 1.56. The molecule has 4 aromatic carbocycles. The monoisotopic (exact) mass is 537 g/mol. The molecule has 1 heterocycles. The van der Waals surface area contributed by atoms with Crippen molar-refractivity contribution in [3.05, 3.63) is 134 Å². The van der Waals surface area contributed by atoms with Crippen molar-refractivity contribution in [2.45, 2.75) is 6.92 Å². The zero-order chi connectivity index (χ0) is 28.2. The lowest BCUT2D eigenvalue weighted by molar-refractivity contribution is -0.393. The molecule has 40 heavy (non-hydrogen) atoms. The van der Waals surface area contributed by atoms with Crippen LogP contribution in [0.25, 0.3) is 22.5 Å². The number of non-ortho nitro benzene ring substituents is 1. The fraction of sp³-hybridized carbons (Fsp3) is 0.0357. The lowest BCUT2D eigenvalue weighted by Gasteiger charge is -2.06. The molecule has 0 radical (unpaired) electrons. The number of fused-ring (bicyclic) bond motifs is 1. The average Bonchev–Trinajstić information content (AvgIpc) is 3.34. The first-order chi connectivity index (χ1) is 19.3. The molecule has 0 aliphatic carbocycles. The summed E-state index contributed by atoms with van der Waals surface area (Å²) < 4.78 is 15.0. The van der Waals surface area contributed by atoms with E-state index in [1.54, 1.807) is 25.1 Å². The molecule has 0 aliphatic heterocycles. The number of rotatable bonds is 8. The Morgan fingerprint density at radius 3 is 2.42 bits per heavy atom. The van der Waals surface area contributed by atoms with E-state index in [0.29, 0.717) is 17.1 Å². The predicted molar refractivity (Wildman–Crippen MR) is 149 cm³/mol. The van der Waals surface area contributed by atoms with Gasteiger partial charge >= 0.3 is 5.69 Å². The van der Waals surface area contributed by atoms with Crippen LogP contribution in [0, 0.1) is 33.0 Å². The van der Waals surface area contributed by atoms with Crippen molar-refractivity contribution in [3.63, 3.8) is 0 Å². The highest BCUT2D eigenvalue weighted by atomic mass is 19.1. The van der Waals surface area contributed by atoms with Gasteiger partial charge in [-0.3, -0.25) is 25.7 Å². The zero-order valence-corrected chi connectivity index (χ0v) is 20.9. The molecular formula is C28H20FN7O4. The van der Waals surface area contributed by atoms with Crippen molar-refractivity contribution in [1.82, 2.24) is 15.0 Å². The summed E-state index contributed by atoms with van der Waals surface area (Å²) in [4.78, 5) is 21.3. The topological polar surface area (TPSA) is 141 Å². The van der Waals surface area contributed by atoms with Gasteiger partial charge in [0.1, 0.15) is 22.9 Å². The van der Waals surface area contributed by atoms with Gasteiger partial charge in [0.25, 0.3) is 5.69 Å². The Morgan fingerprint density at radius 1 is 0.950 bits per heavy atom. The van der Waals surface area contributed by atoms with Crippen LogP contribution in [0.1, 0.15) is 17.0 Å². The summed E-state index contributed by atoms with van der Waals surface area (Å²) in [6, 6.07) is 22.8. The minimum atomic E-state index is -0.731. The molecule has 0 spiro atoms. The molecule has 5 aromatic rings. The van der Waals surface area contributed by atoms with Crippen LogP contribution in [-0.4, -0.2) is 30.6 Å². The quantitative estimate of drug-likeness (QED) is 0.141. The van der Waals surface area contributed by atoms with Crippen LogP contribution >= 0.6 is 0 Å². The highest BCUT2D eigenvalue weighted by Crippen LogP contribution is 2.29. The lowest BCUT2D eigenvalue weighted by atomic mass is 10.1. The van der Waals surface area contributed by atoms with Gasteiger partial charge in [-0.05, 0) is 65.7 Å². The van der Waals surface area contributed by atoms with E-state index < -0.39 is 27.0 Å². The molecule has 1 N–H and O–H groups in total. The maximum absolute atomic E-state index is 13.4. The van der Waals surface area contributed by atoms with Crippen LogP contribution in [0.2, 0.25) is 0 Å². The maximum atomic E-state index is 13.4. The van der Waals surface area contributed by atoms with Gasteiger partial charge < -0.3 is 0 Å². The normalized spacial score (nSPS) is 11.7. The molecule has 11 nitrogen and oxygen atoms in total. The number of halogens is 1. The van der Waals surface area contributed by atoms with Gasteiger partial charge in [0, 0.05) is 6.07 Å². The molecule has 12 heteroatoms. The van der Waals surface area contributed by atoms with Crippen molar-refractivity contribution >= 4 is 39.6 Å². The van der Waals surface area contributed by atoms with E-state index in [4.69, 9.17) is 0 Å². The predicted octanol–water partition coefficient (Wildman–Crippen LogP) is 6.21. The summed E-state index contributed by atoms with van der Waals surface area (Å²) in [5.74, 6) is -0.392. The number of nitro benzene ring substituents is 2. The van der Waals surface area contributed by atoms with Crippen LogP contribution < -0.4 is 5.43 Å². The third-order valence-electron chi connectivity index (χ3n) is 6.10. The smallest absolute Gasteiger partial charge is 0.271 e. The molecule has 0 aliphatic rings. The fourth-order valence-electron chi connectivity index (χ4n) is 4.05. The van der Waals surface area contributed by atoms with Crippen molar-refractivity contribution < 1.29 is 14.2 Å². The number of nitrogens with one attached hydrogen (secondary N) is 1. The Labute approximate surface area is 226 Å². The highest BCUT2D eigenvalue weighted by Gasteiger charge is 2.20.